The first-order valence-electron chi connectivity index (χ1n) is 5.76. The van der Waals surface area contributed by atoms with Crippen molar-refractivity contribution >= 4 is 11.6 Å². The Morgan fingerprint density at radius 3 is 3.06 bits per heavy atom. The third kappa shape index (κ3) is 2.11. The molecular weight excluding hydrogens is 257 g/mol. The molecule has 1 N–H and O–H groups in total. The van der Waals surface area contributed by atoms with Crippen molar-refractivity contribution in [3.8, 4) is 11.4 Å². The fourth-order valence-electron chi connectivity index (χ4n) is 2.02. The van der Waals surface area contributed by atoms with Crippen LogP contribution in [0.15, 0.2) is 22.7 Å². The molecular formula is C12H11ClFN3O. The lowest BCUT2D eigenvalue weighted by atomic mass is 10.2. The van der Waals surface area contributed by atoms with Crippen LogP contribution in [-0.2, 0) is 0 Å². The molecule has 1 aliphatic rings. The summed E-state index contributed by atoms with van der Waals surface area (Å²) in [5, 5.41) is 7.22. The first-order valence-corrected chi connectivity index (χ1v) is 6.14. The van der Waals surface area contributed by atoms with Crippen LogP contribution in [0.25, 0.3) is 11.4 Å². The van der Waals surface area contributed by atoms with Crippen molar-refractivity contribution in [1.29, 1.82) is 0 Å². The molecule has 2 aromatic rings. The second-order valence-electron chi connectivity index (χ2n) is 4.23. The fraction of sp³-hybridized carbons (Fsp3) is 0.333. The maximum Gasteiger partial charge on any atom is 0.244 e. The highest BCUT2D eigenvalue weighted by molar-refractivity contribution is 6.31. The van der Waals surface area contributed by atoms with Gasteiger partial charge < -0.3 is 9.84 Å². The molecule has 0 radical (unpaired) electrons. The highest BCUT2D eigenvalue weighted by Crippen LogP contribution is 2.26. The van der Waals surface area contributed by atoms with Crippen LogP contribution in [0.3, 0.4) is 0 Å². The summed E-state index contributed by atoms with van der Waals surface area (Å²) in [5.41, 5.74) is 0.648. The van der Waals surface area contributed by atoms with Gasteiger partial charge >= 0.3 is 0 Å². The van der Waals surface area contributed by atoms with Gasteiger partial charge in [-0.25, -0.2) is 4.39 Å². The largest absolute Gasteiger partial charge is 0.337 e. The van der Waals surface area contributed by atoms with E-state index >= 15 is 0 Å². The van der Waals surface area contributed by atoms with E-state index in [0.29, 0.717) is 17.3 Å². The van der Waals surface area contributed by atoms with Gasteiger partial charge in [-0.15, -0.1) is 0 Å². The Labute approximate surface area is 108 Å². The molecule has 0 bridgehead atoms. The second kappa shape index (κ2) is 4.66. The lowest BCUT2D eigenvalue weighted by Gasteiger charge is -2.01. The molecule has 3 rings (SSSR count). The van der Waals surface area contributed by atoms with Crippen molar-refractivity contribution < 1.29 is 8.91 Å². The molecule has 1 aromatic carbocycles. The molecule has 0 spiro atoms. The van der Waals surface area contributed by atoms with E-state index in [2.05, 4.69) is 15.5 Å². The Morgan fingerprint density at radius 1 is 1.44 bits per heavy atom. The first kappa shape index (κ1) is 11.6. The number of hydrogen-bond donors (Lipinski definition) is 1. The normalized spacial score (nSPS) is 19.3. The van der Waals surface area contributed by atoms with E-state index in [4.69, 9.17) is 16.1 Å². The third-order valence-electron chi connectivity index (χ3n) is 2.98. The topological polar surface area (TPSA) is 51.0 Å². The molecule has 1 saturated heterocycles. The number of halogens is 2. The molecule has 1 aromatic heterocycles. The summed E-state index contributed by atoms with van der Waals surface area (Å²) in [5.74, 6) is 0.546. The quantitative estimate of drug-likeness (QED) is 0.909. The smallest absolute Gasteiger partial charge is 0.244 e. The van der Waals surface area contributed by atoms with Crippen molar-refractivity contribution in [2.45, 2.75) is 18.9 Å². The zero-order valence-electron chi connectivity index (χ0n) is 9.49. The Balaban J connectivity index is 1.89. The van der Waals surface area contributed by atoms with Gasteiger partial charge in [-0.05, 0) is 37.6 Å². The van der Waals surface area contributed by atoms with E-state index in [1.807, 2.05) is 0 Å². The number of rotatable bonds is 2. The minimum atomic E-state index is -0.457. The molecule has 0 amide bonds. The monoisotopic (exact) mass is 267 g/mol. The predicted octanol–water partition coefficient (Wildman–Crippen LogP) is 2.95. The van der Waals surface area contributed by atoms with Crippen molar-refractivity contribution in [2.24, 2.45) is 0 Å². The van der Waals surface area contributed by atoms with Crippen LogP contribution in [0.5, 0.6) is 0 Å². The standard InChI is InChI=1S/C12H11ClFN3O/c13-8-6-7(3-4-9(8)14)11-16-12(18-17-11)10-2-1-5-15-10/h3-4,6,10,15H,1-2,5H2. The maximum atomic E-state index is 13.1. The summed E-state index contributed by atoms with van der Waals surface area (Å²) < 4.78 is 18.3. The second-order valence-corrected chi connectivity index (χ2v) is 4.64. The predicted molar refractivity (Wildman–Crippen MR) is 64.7 cm³/mol. The van der Waals surface area contributed by atoms with Crippen LogP contribution in [-0.4, -0.2) is 16.7 Å². The number of hydrogen-bond acceptors (Lipinski definition) is 4. The first-order chi connectivity index (χ1) is 8.74. The zero-order chi connectivity index (χ0) is 12.5. The fourth-order valence-corrected chi connectivity index (χ4v) is 2.21. The minimum Gasteiger partial charge on any atom is -0.337 e. The van der Waals surface area contributed by atoms with Crippen molar-refractivity contribution in [3.05, 3.63) is 34.9 Å². The molecule has 1 aliphatic heterocycles. The summed E-state index contributed by atoms with van der Waals surface area (Å²) in [6.07, 6.45) is 2.09. The van der Waals surface area contributed by atoms with Crippen LogP contribution >= 0.6 is 11.6 Å². The van der Waals surface area contributed by atoms with Crippen LogP contribution in [0.1, 0.15) is 24.8 Å². The van der Waals surface area contributed by atoms with E-state index < -0.39 is 5.82 Å². The highest BCUT2D eigenvalue weighted by atomic mass is 35.5. The van der Waals surface area contributed by atoms with Crippen molar-refractivity contribution in [2.75, 3.05) is 6.54 Å². The summed E-state index contributed by atoms with van der Waals surface area (Å²) in [7, 11) is 0. The Kier molecular flexibility index (Phi) is 3.01. The molecule has 4 nitrogen and oxygen atoms in total. The maximum absolute atomic E-state index is 13.1. The van der Waals surface area contributed by atoms with Gasteiger partial charge in [0, 0.05) is 5.56 Å². The molecule has 0 saturated carbocycles. The number of nitrogens with one attached hydrogen (secondary N) is 1. The summed E-state index contributed by atoms with van der Waals surface area (Å²) >= 11 is 5.72. The summed E-state index contributed by atoms with van der Waals surface area (Å²) in [6.45, 7) is 0.963. The van der Waals surface area contributed by atoms with Gasteiger partial charge in [0.1, 0.15) is 5.82 Å². The van der Waals surface area contributed by atoms with E-state index in [1.165, 1.54) is 12.1 Å². The number of nitrogens with zero attached hydrogens (tertiary/aromatic N) is 2. The van der Waals surface area contributed by atoms with Crippen LogP contribution in [0, 0.1) is 5.82 Å². The Morgan fingerprint density at radius 2 is 2.33 bits per heavy atom. The van der Waals surface area contributed by atoms with Crippen LogP contribution in [0.2, 0.25) is 5.02 Å². The molecule has 2 heterocycles. The lowest BCUT2D eigenvalue weighted by molar-refractivity contribution is 0.345. The molecule has 6 heteroatoms. The third-order valence-corrected chi connectivity index (χ3v) is 3.27. The zero-order valence-corrected chi connectivity index (χ0v) is 10.2. The molecule has 18 heavy (non-hydrogen) atoms. The van der Waals surface area contributed by atoms with Gasteiger partial charge in [0.25, 0.3) is 0 Å². The summed E-state index contributed by atoms with van der Waals surface area (Å²) in [4.78, 5) is 4.31. The van der Waals surface area contributed by atoms with Crippen LogP contribution in [0.4, 0.5) is 4.39 Å². The molecule has 94 valence electrons. The Bertz CT molecular complexity index is 566. The SMILES string of the molecule is Fc1ccc(-c2noc(C3CCCN3)n2)cc1Cl. The average molecular weight is 268 g/mol. The molecule has 0 aliphatic carbocycles. The van der Waals surface area contributed by atoms with Crippen molar-refractivity contribution in [3.63, 3.8) is 0 Å². The number of benzene rings is 1. The van der Waals surface area contributed by atoms with E-state index in [9.17, 15) is 4.39 Å². The van der Waals surface area contributed by atoms with Gasteiger partial charge in [0.2, 0.25) is 11.7 Å². The van der Waals surface area contributed by atoms with E-state index in [0.717, 1.165) is 19.4 Å². The number of aromatic nitrogens is 2. The molecule has 1 atom stereocenters. The minimum absolute atomic E-state index is 0.0536. The average Bonchev–Trinajstić information content (AvgIpc) is 3.01. The van der Waals surface area contributed by atoms with Gasteiger partial charge in [-0.2, -0.15) is 4.98 Å². The van der Waals surface area contributed by atoms with Gasteiger partial charge in [0.05, 0.1) is 11.1 Å². The van der Waals surface area contributed by atoms with Gasteiger partial charge in [0.15, 0.2) is 0 Å². The van der Waals surface area contributed by atoms with Crippen LogP contribution < -0.4 is 5.32 Å². The lowest BCUT2D eigenvalue weighted by Crippen LogP contribution is -2.12. The highest BCUT2D eigenvalue weighted by Gasteiger charge is 2.22. The van der Waals surface area contributed by atoms with Gasteiger partial charge in [-0.1, -0.05) is 16.8 Å². The van der Waals surface area contributed by atoms with E-state index in [1.54, 1.807) is 6.07 Å². The molecule has 1 fully saturated rings. The van der Waals surface area contributed by atoms with Gasteiger partial charge in [-0.3, -0.25) is 0 Å². The van der Waals surface area contributed by atoms with E-state index in [-0.39, 0.29) is 11.1 Å². The van der Waals surface area contributed by atoms with Crippen molar-refractivity contribution in [1.82, 2.24) is 15.5 Å². The Hall–Kier alpha value is -1.46. The summed E-state index contributed by atoms with van der Waals surface area (Å²) in [6, 6.07) is 4.50. The molecule has 1 unspecified atom stereocenters.